The molecule has 0 aliphatic rings. The van der Waals surface area contributed by atoms with Crippen LogP contribution < -0.4 is 0 Å². The largest absolute Gasteiger partial charge is 0.414 e. The first-order valence-electron chi connectivity index (χ1n) is 12.6. The minimum Gasteiger partial charge on any atom is -0.414 e. The molecule has 198 valence electrons. The molecular formula is C26H57IO3Si3. The Balaban J connectivity index is 6.24. The van der Waals surface area contributed by atoms with Gasteiger partial charge in [0.25, 0.3) is 0 Å². The van der Waals surface area contributed by atoms with E-state index in [0.29, 0.717) is 6.61 Å². The monoisotopic (exact) mass is 628 g/mol. The first-order valence-corrected chi connectivity index (χ1v) is 22.6. The van der Waals surface area contributed by atoms with Crippen LogP contribution in [0.25, 0.3) is 0 Å². The summed E-state index contributed by atoms with van der Waals surface area (Å²) in [5, 5.41) is 0.466. The van der Waals surface area contributed by atoms with Gasteiger partial charge in [-0.1, -0.05) is 90.5 Å². The Kier molecular flexibility index (Phi) is 12.4. The van der Waals surface area contributed by atoms with Gasteiger partial charge in [0, 0.05) is 0 Å². The average molecular weight is 629 g/mol. The summed E-state index contributed by atoms with van der Waals surface area (Å²) in [5.74, 6) is 0. The fraction of sp³-hybridized carbons (Fsp3) is 0.923. The van der Waals surface area contributed by atoms with Gasteiger partial charge >= 0.3 is 0 Å². The lowest BCUT2D eigenvalue weighted by Crippen LogP contribution is -2.54. The molecule has 0 N–H and O–H groups in total. The molecule has 0 saturated heterocycles. The number of halogens is 1. The Morgan fingerprint density at radius 3 is 1.39 bits per heavy atom. The van der Waals surface area contributed by atoms with Gasteiger partial charge in [-0.2, -0.15) is 0 Å². The van der Waals surface area contributed by atoms with E-state index in [1.54, 1.807) is 0 Å². The van der Waals surface area contributed by atoms with Crippen LogP contribution in [0.4, 0.5) is 0 Å². The lowest BCUT2D eigenvalue weighted by molar-refractivity contribution is 0.000239. The molecule has 0 aromatic rings. The quantitative estimate of drug-likeness (QED) is 0.168. The predicted molar refractivity (Wildman–Crippen MR) is 164 cm³/mol. The van der Waals surface area contributed by atoms with E-state index < -0.39 is 25.0 Å². The Morgan fingerprint density at radius 2 is 1.06 bits per heavy atom. The van der Waals surface area contributed by atoms with E-state index in [1.165, 1.54) is 5.57 Å². The van der Waals surface area contributed by atoms with Crippen LogP contribution in [0.1, 0.15) is 82.1 Å². The second-order valence-electron chi connectivity index (χ2n) is 14.4. The SMILES string of the molecule is C/C(=C\I)CC[C@@H](O[Si](C)(C)C(C)(C)C)[C@H](CO[Si](C)(C)C(C)(C)C)O[Si](C)(C)C(C)(C)C. The van der Waals surface area contributed by atoms with Gasteiger partial charge in [0.2, 0.25) is 0 Å². The zero-order valence-corrected chi connectivity index (χ0v) is 30.1. The van der Waals surface area contributed by atoms with Gasteiger partial charge in [0.1, 0.15) is 0 Å². The summed E-state index contributed by atoms with van der Waals surface area (Å²) < 4.78 is 23.2. The van der Waals surface area contributed by atoms with Crippen LogP contribution in [0, 0.1) is 0 Å². The first kappa shape index (κ1) is 34.0. The third kappa shape index (κ3) is 10.5. The molecule has 0 aromatic carbocycles. The van der Waals surface area contributed by atoms with Gasteiger partial charge in [-0.25, -0.2) is 0 Å². The van der Waals surface area contributed by atoms with Crippen LogP contribution in [-0.4, -0.2) is 43.8 Å². The standard InChI is InChI=1S/C26H57IO3Si3/c1-21(19-27)17-18-22(29-32(13,14)25(5,6)7)23(30-33(15,16)26(8,9)10)20-28-31(11,12)24(2,3)4/h19,22-23H,17-18,20H2,1-16H3/b21-19+/t22-,23+/m1/s1. The van der Waals surface area contributed by atoms with Crippen LogP contribution in [0.5, 0.6) is 0 Å². The molecule has 33 heavy (non-hydrogen) atoms. The molecule has 0 amide bonds. The molecule has 0 heterocycles. The second kappa shape index (κ2) is 12.0. The van der Waals surface area contributed by atoms with Gasteiger partial charge in [-0.15, -0.1) is 0 Å². The van der Waals surface area contributed by atoms with Crippen LogP contribution in [0.3, 0.4) is 0 Å². The smallest absolute Gasteiger partial charge is 0.192 e. The molecule has 0 aliphatic heterocycles. The molecular weight excluding hydrogens is 571 g/mol. The molecule has 0 saturated carbocycles. The van der Waals surface area contributed by atoms with E-state index in [-0.39, 0.29) is 27.3 Å². The maximum atomic E-state index is 7.11. The molecule has 0 aromatic heterocycles. The van der Waals surface area contributed by atoms with E-state index in [0.717, 1.165) is 12.8 Å². The number of hydrogen-bond donors (Lipinski definition) is 0. The summed E-state index contributed by atoms with van der Waals surface area (Å²) in [6.45, 7) is 37.8. The number of rotatable bonds is 11. The van der Waals surface area contributed by atoms with Crippen molar-refractivity contribution in [3.63, 3.8) is 0 Å². The Labute approximate surface area is 224 Å². The highest BCUT2D eigenvalue weighted by atomic mass is 127. The number of hydrogen-bond acceptors (Lipinski definition) is 3. The van der Waals surface area contributed by atoms with Crippen molar-refractivity contribution in [1.29, 1.82) is 0 Å². The predicted octanol–water partition coefficient (Wildman–Crippen LogP) is 9.91. The highest BCUT2D eigenvalue weighted by molar-refractivity contribution is 14.1. The van der Waals surface area contributed by atoms with Gasteiger partial charge < -0.3 is 13.3 Å². The normalized spacial score (nSPS) is 17.3. The molecule has 0 unspecified atom stereocenters. The maximum Gasteiger partial charge on any atom is 0.192 e. The van der Waals surface area contributed by atoms with Crippen molar-refractivity contribution in [2.45, 2.75) is 149 Å². The maximum absolute atomic E-state index is 7.11. The van der Waals surface area contributed by atoms with Crippen molar-refractivity contribution in [3.05, 3.63) is 9.66 Å². The third-order valence-electron chi connectivity index (χ3n) is 8.34. The Hall–Kier alpha value is 1.00. The van der Waals surface area contributed by atoms with Crippen LogP contribution >= 0.6 is 22.6 Å². The fourth-order valence-corrected chi connectivity index (χ4v) is 6.62. The lowest BCUT2D eigenvalue weighted by Gasteiger charge is -2.46. The van der Waals surface area contributed by atoms with E-state index in [1.807, 2.05) is 0 Å². The van der Waals surface area contributed by atoms with Gasteiger partial charge in [0.05, 0.1) is 18.8 Å². The molecule has 0 fully saturated rings. The molecule has 0 radical (unpaired) electrons. The van der Waals surface area contributed by atoms with E-state index >= 15 is 0 Å². The summed E-state index contributed by atoms with van der Waals surface area (Å²) in [7, 11) is -5.88. The lowest BCUT2D eigenvalue weighted by atomic mass is 10.1. The van der Waals surface area contributed by atoms with Crippen molar-refractivity contribution in [2.75, 3.05) is 6.61 Å². The van der Waals surface area contributed by atoms with Crippen molar-refractivity contribution in [3.8, 4) is 0 Å². The third-order valence-corrected chi connectivity index (χ3v) is 22.9. The van der Waals surface area contributed by atoms with E-state index in [2.05, 4.69) is 135 Å². The Morgan fingerprint density at radius 1 is 0.697 bits per heavy atom. The van der Waals surface area contributed by atoms with Gasteiger partial charge in [-0.05, 0) is 78.2 Å². The van der Waals surface area contributed by atoms with Gasteiger partial charge in [0.15, 0.2) is 25.0 Å². The molecule has 0 spiro atoms. The Bertz CT molecular complexity index is 639. The van der Waals surface area contributed by atoms with E-state index in [4.69, 9.17) is 13.3 Å². The van der Waals surface area contributed by atoms with Crippen LogP contribution in [-0.2, 0) is 13.3 Å². The molecule has 7 heteroatoms. The van der Waals surface area contributed by atoms with Crippen molar-refractivity contribution in [2.24, 2.45) is 0 Å². The van der Waals surface area contributed by atoms with Crippen molar-refractivity contribution in [1.82, 2.24) is 0 Å². The highest BCUT2D eigenvalue weighted by Gasteiger charge is 2.46. The average Bonchev–Trinajstić information content (AvgIpc) is 2.58. The molecule has 2 atom stereocenters. The summed E-state index contributed by atoms with van der Waals surface area (Å²) >= 11 is 2.35. The van der Waals surface area contributed by atoms with E-state index in [9.17, 15) is 0 Å². The van der Waals surface area contributed by atoms with Crippen LogP contribution in [0.15, 0.2) is 9.66 Å². The summed E-state index contributed by atoms with van der Waals surface area (Å²) in [5.41, 5.74) is 1.40. The summed E-state index contributed by atoms with van der Waals surface area (Å²) in [4.78, 5) is 0. The molecule has 0 rings (SSSR count). The topological polar surface area (TPSA) is 27.7 Å². The fourth-order valence-electron chi connectivity index (χ4n) is 2.58. The minimum atomic E-state index is -2.00. The zero-order valence-electron chi connectivity index (χ0n) is 25.0. The molecule has 3 nitrogen and oxygen atoms in total. The molecule has 0 bridgehead atoms. The summed E-state index contributed by atoms with van der Waals surface area (Å²) in [6, 6.07) is 0. The van der Waals surface area contributed by atoms with Crippen LogP contribution in [0.2, 0.25) is 54.4 Å². The first-order chi connectivity index (χ1) is 14.4. The van der Waals surface area contributed by atoms with Crippen molar-refractivity contribution < 1.29 is 13.3 Å². The minimum absolute atomic E-state index is 0.0380. The van der Waals surface area contributed by atoms with Crippen molar-refractivity contribution >= 4 is 47.5 Å². The summed E-state index contributed by atoms with van der Waals surface area (Å²) in [6.07, 6.45) is 1.99. The number of allylic oxidation sites excluding steroid dienone is 1. The molecule has 0 aliphatic carbocycles. The highest BCUT2D eigenvalue weighted by Crippen LogP contribution is 2.42. The zero-order chi connectivity index (χ0) is 26.7. The second-order valence-corrected chi connectivity index (χ2v) is 29.3. The van der Waals surface area contributed by atoms with Gasteiger partial charge in [-0.3, -0.25) is 0 Å².